The molecule has 1 aromatic carbocycles. The van der Waals surface area contributed by atoms with Crippen LogP contribution in [0.5, 0.6) is 5.75 Å². The van der Waals surface area contributed by atoms with E-state index in [1.807, 2.05) is 12.1 Å². The Labute approximate surface area is 182 Å². The van der Waals surface area contributed by atoms with Crippen molar-refractivity contribution >= 4 is 35.1 Å². The van der Waals surface area contributed by atoms with Gasteiger partial charge in [0.25, 0.3) is 0 Å². The smallest absolute Gasteiger partial charge is 0.325 e. The van der Waals surface area contributed by atoms with Crippen LogP contribution in [-0.2, 0) is 11.3 Å². The highest BCUT2D eigenvalue weighted by molar-refractivity contribution is 6.42. The van der Waals surface area contributed by atoms with Crippen LogP contribution in [0, 0.1) is 0 Å². The zero-order valence-corrected chi connectivity index (χ0v) is 17.3. The molecule has 156 valence electrons. The number of hydrogen-bond donors (Lipinski definition) is 1. The molecule has 3 aromatic rings. The molecule has 0 unspecified atom stereocenters. The number of hydrogen-bond acceptors (Lipinski definition) is 7. The molecule has 9 nitrogen and oxygen atoms in total. The molecular weight excluding hydrogens is 431 g/mol. The summed E-state index contributed by atoms with van der Waals surface area (Å²) < 4.78 is 7.27. The van der Waals surface area contributed by atoms with E-state index in [1.165, 1.54) is 4.68 Å². The third kappa shape index (κ3) is 4.63. The highest BCUT2D eigenvalue weighted by Gasteiger charge is 2.23. The Kier molecular flexibility index (Phi) is 6.01. The molecule has 0 radical (unpaired) electrons. The monoisotopic (exact) mass is 448 g/mol. The highest BCUT2D eigenvalue weighted by atomic mass is 35.5. The Hall–Kier alpha value is -2.91. The lowest BCUT2D eigenvalue weighted by Crippen LogP contribution is -2.39. The Bertz CT molecular complexity index is 1040. The van der Waals surface area contributed by atoms with Crippen LogP contribution in [0.15, 0.2) is 36.8 Å². The molecule has 1 fully saturated rings. The maximum atomic E-state index is 10.8. The first-order chi connectivity index (χ1) is 14.5. The van der Waals surface area contributed by atoms with Gasteiger partial charge in [0.15, 0.2) is 0 Å². The number of piperidine rings is 1. The normalized spacial score (nSPS) is 14.7. The molecule has 0 bridgehead atoms. The molecular formula is C19H18Cl2N6O3. The molecule has 30 heavy (non-hydrogen) atoms. The summed E-state index contributed by atoms with van der Waals surface area (Å²) in [5.41, 5.74) is 1.19. The van der Waals surface area contributed by atoms with Crippen LogP contribution < -0.4 is 9.64 Å². The minimum atomic E-state index is -0.983. The molecule has 4 rings (SSSR count). The van der Waals surface area contributed by atoms with Crippen LogP contribution in [0.3, 0.4) is 0 Å². The Morgan fingerprint density at radius 3 is 2.63 bits per heavy atom. The van der Waals surface area contributed by atoms with E-state index in [4.69, 9.17) is 33.0 Å². The van der Waals surface area contributed by atoms with E-state index >= 15 is 0 Å². The molecule has 0 aliphatic carbocycles. The fraction of sp³-hybridized carbons (Fsp3) is 0.316. The fourth-order valence-electron chi connectivity index (χ4n) is 3.19. The average Bonchev–Trinajstić information content (AvgIpc) is 3.20. The number of nitrogens with zero attached hydrogens (tertiary/aromatic N) is 6. The van der Waals surface area contributed by atoms with E-state index in [0.717, 1.165) is 25.9 Å². The summed E-state index contributed by atoms with van der Waals surface area (Å²) in [7, 11) is 0. The number of rotatable bonds is 6. The summed E-state index contributed by atoms with van der Waals surface area (Å²) in [4.78, 5) is 21.7. The number of carboxylic acids is 1. The van der Waals surface area contributed by atoms with E-state index in [9.17, 15) is 4.79 Å². The van der Waals surface area contributed by atoms with E-state index in [2.05, 4.69) is 25.2 Å². The van der Waals surface area contributed by atoms with Gasteiger partial charge < -0.3 is 14.7 Å². The van der Waals surface area contributed by atoms with Gasteiger partial charge in [0.2, 0.25) is 5.95 Å². The van der Waals surface area contributed by atoms with Gasteiger partial charge in [-0.1, -0.05) is 34.5 Å². The first-order valence-corrected chi connectivity index (χ1v) is 10.0. The number of anilines is 1. The van der Waals surface area contributed by atoms with Crippen molar-refractivity contribution in [3.63, 3.8) is 0 Å². The van der Waals surface area contributed by atoms with Crippen molar-refractivity contribution in [2.45, 2.75) is 25.5 Å². The molecule has 2 aromatic heterocycles. The molecule has 1 saturated heterocycles. The first kappa shape index (κ1) is 20.4. The van der Waals surface area contributed by atoms with Crippen molar-refractivity contribution in [3.05, 3.63) is 46.8 Å². The lowest BCUT2D eigenvalue weighted by atomic mass is 10.1. The van der Waals surface area contributed by atoms with E-state index in [1.54, 1.807) is 24.7 Å². The molecule has 0 atom stereocenters. The fourth-order valence-corrected chi connectivity index (χ4v) is 3.53. The number of ether oxygens (including phenoxy) is 1. The van der Waals surface area contributed by atoms with Gasteiger partial charge in [-0.2, -0.15) is 0 Å². The van der Waals surface area contributed by atoms with Crippen molar-refractivity contribution < 1.29 is 14.6 Å². The molecule has 1 N–H and O–H groups in total. The predicted octanol–water partition coefficient (Wildman–Crippen LogP) is 3.17. The molecule has 0 spiro atoms. The van der Waals surface area contributed by atoms with Crippen LogP contribution >= 0.6 is 23.2 Å². The van der Waals surface area contributed by atoms with Crippen molar-refractivity contribution in [1.29, 1.82) is 0 Å². The Morgan fingerprint density at radius 1 is 1.20 bits per heavy atom. The Morgan fingerprint density at radius 2 is 1.93 bits per heavy atom. The van der Waals surface area contributed by atoms with Gasteiger partial charge in [-0.15, -0.1) is 5.10 Å². The van der Waals surface area contributed by atoms with Crippen LogP contribution in [0.1, 0.15) is 12.8 Å². The van der Waals surface area contributed by atoms with Crippen molar-refractivity contribution in [2.24, 2.45) is 0 Å². The number of halogens is 2. The maximum Gasteiger partial charge on any atom is 0.325 e. The summed E-state index contributed by atoms with van der Waals surface area (Å²) in [5.74, 6) is 0.234. The van der Waals surface area contributed by atoms with Gasteiger partial charge >= 0.3 is 5.97 Å². The molecule has 1 aliphatic heterocycles. The molecule has 1 aliphatic rings. The molecule has 11 heteroatoms. The van der Waals surface area contributed by atoms with E-state index in [-0.39, 0.29) is 12.6 Å². The number of aromatic nitrogens is 5. The summed E-state index contributed by atoms with van der Waals surface area (Å²) in [6.07, 6.45) is 6.52. The first-order valence-electron chi connectivity index (χ1n) is 9.29. The van der Waals surface area contributed by atoms with E-state index < -0.39 is 5.97 Å². The summed E-state index contributed by atoms with van der Waals surface area (Å²) in [5, 5.41) is 17.5. The lowest BCUT2D eigenvalue weighted by molar-refractivity contribution is -0.137. The topological polar surface area (TPSA) is 106 Å². The number of carboxylic acid groups (broad SMARTS) is 1. The van der Waals surface area contributed by atoms with Gasteiger partial charge in [0, 0.05) is 43.9 Å². The third-order valence-corrected chi connectivity index (χ3v) is 5.51. The van der Waals surface area contributed by atoms with Crippen molar-refractivity contribution in [1.82, 2.24) is 25.0 Å². The van der Waals surface area contributed by atoms with Crippen LogP contribution in [0.2, 0.25) is 10.0 Å². The van der Waals surface area contributed by atoms with Crippen LogP contribution in [0.25, 0.3) is 11.3 Å². The van der Waals surface area contributed by atoms with Gasteiger partial charge in [-0.25, -0.2) is 14.6 Å². The second-order valence-corrected chi connectivity index (χ2v) is 7.61. The third-order valence-electron chi connectivity index (χ3n) is 4.70. The summed E-state index contributed by atoms with van der Waals surface area (Å²) in [6, 6.07) is 5.36. The second-order valence-electron chi connectivity index (χ2n) is 6.82. The van der Waals surface area contributed by atoms with Crippen LogP contribution in [0.4, 0.5) is 5.95 Å². The van der Waals surface area contributed by atoms with Gasteiger partial charge in [0.05, 0.1) is 11.2 Å². The summed E-state index contributed by atoms with van der Waals surface area (Å²) in [6.45, 7) is 1.25. The molecule has 0 amide bonds. The second kappa shape index (κ2) is 8.85. The molecule has 3 heterocycles. The standard InChI is InChI=1S/C19H18Cl2N6O3/c20-14-2-1-3-16(18(14)21)30-13-4-6-26(7-5-13)19-22-8-12(9-23-19)15-10-27(25-24-15)11-17(28)29/h1-3,8-10,13H,4-7,11H2,(H,28,29). The highest BCUT2D eigenvalue weighted by Crippen LogP contribution is 2.33. The van der Waals surface area contributed by atoms with Crippen molar-refractivity contribution in [3.8, 4) is 17.0 Å². The average molecular weight is 449 g/mol. The predicted molar refractivity (Wildman–Crippen MR) is 111 cm³/mol. The van der Waals surface area contributed by atoms with Gasteiger partial charge in [-0.3, -0.25) is 4.79 Å². The van der Waals surface area contributed by atoms with Crippen molar-refractivity contribution in [2.75, 3.05) is 18.0 Å². The maximum absolute atomic E-state index is 10.8. The zero-order chi connectivity index (χ0) is 21.1. The van der Waals surface area contributed by atoms with Gasteiger partial charge in [-0.05, 0) is 12.1 Å². The SMILES string of the molecule is O=C(O)Cn1cc(-c2cnc(N3CCC(Oc4cccc(Cl)c4Cl)CC3)nc2)nn1. The van der Waals surface area contributed by atoms with Crippen LogP contribution in [-0.4, -0.2) is 55.2 Å². The van der Waals surface area contributed by atoms with E-state index in [0.29, 0.717) is 33.0 Å². The minimum absolute atomic E-state index is 0.0424. The lowest BCUT2D eigenvalue weighted by Gasteiger charge is -2.32. The molecule has 0 saturated carbocycles. The number of carbonyl (C=O) groups is 1. The zero-order valence-electron chi connectivity index (χ0n) is 15.8. The number of benzene rings is 1. The van der Waals surface area contributed by atoms with Gasteiger partial charge in [0.1, 0.15) is 29.1 Å². The number of aliphatic carboxylic acids is 1. The Balaban J connectivity index is 1.35. The minimum Gasteiger partial charge on any atom is -0.489 e. The quantitative estimate of drug-likeness (QED) is 0.612. The largest absolute Gasteiger partial charge is 0.489 e. The summed E-state index contributed by atoms with van der Waals surface area (Å²) >= 11 is 12.2.